The first kappa shape index (κ1) is 11.7. The van der Waals surface area contributed by atoms with Crippen molar-refractivity contribution in [2.24, 2.45) is 13.0 Å². The van der Waals surface area contributed by atoms with E-state index in [-0.39, 0.29) is 0 Å². The molecule has 0 radical (unpaired) electrons. The van der Waals surface area contributed by atoms with Crippen LogP contribution in [0.1, 0.15) is 25.1 Å². The Kier molecular flexibility index (Phi) is 3.28. The van der Waals surface area contributed by atoms with Crippen molar-refractivity contribution in [3.63, 3.8) is 0 Å². The molecule has 0 unspecified atom stereocenters. The van der Waals surface area contributed by atoms with Crippen molar-refractivity contribution < 1.29 is 0 Å². The summed E-state index contributed by atoms with van der Waals surface area (Å²) in [5.41, 5.74) is 2.01. The molecule has 0 aliphatic carbocycles. The van der Waals surface area contributed by atoms with Gasteiger partial charge in [0, 0.05) is 19.7 Å². The molecule has 0 atom stereocenters. The largest absolute Gasteiger partial charge is 0.317 e. The summed E-state index contributed by atoms with van der Waals surface area (Å²) in [6.07, 6.45) is 6.77. The number of pyridine rings is 1. The fraction of sp³-hybridized carbons (Fsp3) is 0.571. The van der Waals surface area contributed by atoms with E-state index in [2.05, 4.69) is 26.9 Å². The summed E-state index contributed by atoms with van der Waals surface area (Å²) in [6.45, 7) is 2.35. The molecule has 1 fully saturated rings. The van der Waals surface area contributed by atoms with Gasteiger partial charge in [-0.25, -0.2) is 9.97 Å². The highest BCUT2D eigenvalue weighted by atomic mass is 15.1. The maximum Gasteiger partial charge on any atom is 0.159 e. The van der Waals surface area contributed by atoms with Crippen LogP contribution in [0.15, 0.2) is 18.3 Å². The van der Waals surface area contributed by atoms with Crippen molar-refractivity contribution in [2.75, 3.05) is 13.1 Å². The first-order chi connectivity index (χ1) is 8.84. The third kappa shape index (κ3) is 2.25. The van der Waals surface area contributed by atoms with Crippen molar-refractivity contribution in [2.45, 2.75) is 25.7 Å². The first-order valence-electron chi connectivity index (χ1n) is 6.81. The van der Waals surface area contributed by atoms with Crippen LogP contribution in [0.3, 0.4) is 0 Å². The number of aryl methyl sites for hydroxylation is 2. The van der Waals surface area contributed by atoms with Gasteiger partial charge in [0.15, 0.2) is 5.65 Å². The Morgan fingerprint density at radius 2 is 2.22 bits per heavy atom. The van der Waals surface area contributed by atoms with E-state index in [1.54, 1.807) is 0 Å². The Morgan fingerprint density at radius 3 is 3.00 bits per heavy atom. The Hall–Kier alpha value is -1.42. The number of rotatable bonds is 3. The van der Waals surface area contributed by atoms with Gasteiger partial charge in [0.1, 0.15) is 11.3 Å². The maximum absolute atomic E-state index is 4.68. The molecule has 0 saturated carbocycles. The number of fused-ring (bicyclic) bond motifs is 1. The first-order valence-corrected chi connectivity index (χ1v) is 6.81. The lowest BCUT2D eigenvalue weighted by Crippen LogP contribution is -2.28. The molecule has 18 heavy (non-hydrogen) atoms. The van der Waals surface area contributed by atoms with E-state index in [0.29, 0.717) is 0 Å². The summed E-state index contributed by atoms with van der Waals surface area (Å²) >= 11 is 0. The van der Waals surface area contributed by atoms with Gasteiger partial charge >= 0.3 is 0 Å². The molecule has 0 aromatic carbocycles. The molecule has 2 aromatic heterocycles. The average Bonchev–Trinajstić information content (AvgIpc) is 2.75. The van der Waals surface area contributed by atoms with E-state index in [1.807, 2.05) is 18.3 Å². The summed E-state index contributed by atoms with van der Waals surface area (Å²) in [5.74, 6) is 2.03. The quantitative estimate of drug-likeness (QED) is 0.896. The standard InChI is InChI=1S/C14H20N4/c1-18-13(5-4-11-6-9-15-10-7-11)17-12-3-2-8-16-14(12)18/h2-3,8,11,15H,4-7,9-10H2,1H3. The number of imidazole rings is 1. The maximum atomic E-state index is 4.68. The zero-order valence-electron chi connectivity index (χ0n) is 10.9. The number of piperidine rings is 1. The van der Waals surface area contributed by atoms with Crippen LogP contribution < -0.4 is 5.32 Å². The van der Waals surface area contributed by atoms with Crippen molar-refractivity contribution in [1.29, 1.82) is 0 Å². The van der Waals surface area contributed by atoms with E-state index in [9.17, 15) is 0 Å². The Labute approximate surface area is 107 Å². The summed E-state index contributed by atoms with van der Waals surface area (Å²) in [5, 5.41) is 3.41. The van der Waals surface area contributed by atoms with Gasteiger partial charge in [0.25, 0.3) is 0 Å². The zero-order valence-corrected chi connectivity index (χ0v) is 10.9. The van der Waals surface area contributed by atoms with Gasteiger partial charge in [0.2, 0.25) is 0 Å². The number of hydrogen-bond acceptors (Lipinski definition) is 3. The zero-order chi connectivity index (χ0) is 12.4. The van der Waals surface area contributed by atoms with Crippen LogP contribution in [0.4, 0.5) is 0 Å². The summed E-state index contributed by atoms with van der Waals surface area (Å²) in [7, 11) is 2.07. The number of nitrogens with one attached hydrogen (secondary N) is 1. The van der Waals surface area contributed by atoms with Crippen LogP contribution in [0.25, 0.3) is 11.2 Å². The second-order valence-corrected chi connectivity index (χ2v) is 5.17. The van der Waals surface area contributed by atoms with Crippen LogP contribution in [-0.2, 0) is 13.5 Å². The molecule has 1 N–H and O–H groups in total. The van der Waals surface area contributed by atoms with Crippen molar-refractivity contribution in [3.05, 3.63) is 24.2 Å². The van der Waals surface area contributed by atoms with Gasteiger partial charge in [-0.2, -0.15) is 0 Å². The van der Waals surface area contributed by atoms with Crippen LogP contribution in [-0.4, -0.2) is 27.6 Å². The fourth-order valence-corrected chi connectivity index (χ4v) is 2.80. The Morgan fingerprint density at radius 1 is 1.39 bits per heavy atom. The van der Waals surface area contributed by atoms with Crippen LogP contribution in [0.5, 0.6) is 0 Å². The van der Waals surface area contributed by atoms with Crippen molar-refractivity contribution in [1.82, 2.24) is 19.9 Å². The molecule has 0 bridgehead atoms. The fourth-order valence-electron chi connectivity index (χ4n) is 2.80. The lowest BCUT2D eigenvalue weighted by atomic mass is 9.93. The van der Waals surface area contributed by atoms with E-state index >= 15 is 0 Å². The highest BCUT2D eigenvalue weighted by Gasteiger charge is 2.15. The molecule has 3 rings (SSSR count). The minimum absolute atomic E-state index is 0.860. The highest BCUT2D eigenvalue weighted by molar-refractivity contribution is 5.70. The van der Waals surface area contributed by atoms with Crippen LogP contribution >= 0.6 is 0 Å². The molecule has 2 aromatic rings. The van der Waals surface area contributed by atoms with E-state index in [1.165, 1.54) is 38.2 Å². The lowest BCUT2D eigenvalue weighted by Gasteiger charge is -2.22. The molecule has 96 valence electrons. The predicted octanol–water partition coefficient (Wildman–Crippen LogP) is 1.90. The third-order valence-electron chi connectivity index (χ3n) is 3.96. The van der Waals surface area contributed by atoms with Gasteiger partial charge in [-0.1, -0.05) is 0 Å². The second-order valence-electron chi connectivity index (χ2n) is 5.17. The van der Waals surface area contributed by atoms with E-state index in [0.717, 1.165) is 23.5 Å². The predicted molar refractivity (Wildman–Crippen MR) is 72.4 cm³/mol. The van der Waals surface area contributed by atoms with Crippen LogP contribution in [0.2, 0.25) is 0 Å². The molecule has 4 nitrogen and oxygen atoms in total. The molecule has 0 spiro atoms. The average molecular weight is 244 g/mol. The molecule has 1 saturated heterocycles. The van der Waals surface area contributed by atoms with Gasteiger partial charge < -0.3 is 9.88 Å². The van der Waals surface area contributed by atoms with Gasteiger partial charge in [-0.05, 0) is 50.4 Å². The molecule has 1 aliphatic rings. The highest BCUT2D eigenvalue weighted by Crippen LogP contribution is 2.20. The van der Waals surface area contributed by atoms with Crippen molar-refractivity contribution in [3.8, 4) is 0 Å². The van der Waals surface area contributed by atoms with Gasteiger partial charge in [0.05, 0.1) is 0 Å². The molecular formula is C14H20N4. The molecule has 4 heteroatoms. The topological polar surface area (TPSA) is 42.7 Å². The molecule has 0 amide bonds. The lowest BCUT2D eigenvalue weighted by molar-refractivity contribution is 0.351. The van der Waals surface area contributed by atoms with E-state index in [4.69, 9.17) is 0 Å². The second kappa shape index (κ2) is 5.06. The summed E-state index contributed by atoms with van der Waals surface area (Å²) in [6, 6.07) is 3.99. The number of aromatic nitrogens is 3. The summed E-state index contributed by atoms with van der Waals surface area (Å²) < 4.78 is 2.14. The van der Waals surface area contributed by atoms with Crippen LogP contribution in [0, 0.1) is 5.92 Å². The van der Waals surface area contributed by atoms with E-state index < -0.39 is 0 Å². The number of hydrogen-bond donors (Lipinski definition) is 1. The van der Waals surface area contributed by atoms with Gasteiger partial charge in [-0.3, -0.25) is 0 Å². The Bertz CT molecular complexity index is 526. The number of nitrogens with zero attached hydrogens (tertiary/aromatic N) is 3. The minimum Gasteiger partial charge on any atom is -0.317 e. The smallest absolute Gasteiger partial charge is 0.159 e. The SMILES string of the molecule is Cn1c(CCC2CCNCC2)nc2cccnc21. The molecule has 3 heterocycles. The van der Waals surface area contributed by atoms with Gasteiger partial charge in [-0.15, -0.1) is 0 Å². The third-order valence-corrected chi connectivity index (χ3v) is 3.96. The minimum atomic E-state index is 0.860. The monoisotopic (exact) mass is 244 g/mol. The summed E-state index contributed by atoms with van der Waals surface area (Å²) in [4.78, 5) is 9.07. The molecule has 1 aliphatic heterocycles. The Balaban J connectivity index is 1.72. The van der Waals surface area contributed by atoms with Crippen molar-refractivity contribution >= 4 is 11.2 Å². The normalized spacial score (nSPS) is 17.4. The molecular weight excluding hydrogens is 224 g/mol.